The van der Waals surface area contributed by atoms with Crippen LogP contribution in [0.4, 0.5) is 0 Å². The Morgan fingerprint density at radius 3 is 3.00 bits per heavy atom. The lowest BCUT2D eigenvalue weighted by Crippen LogP contribution is -2.15. The average molecular weight is 173 g/mol. The van der Waals surface area contributed by atoms with Crippen LogP contribution in [0.3, 0.4) is 0 Å². The first-order chi connectivity index (χ1) is 5.25. The Morgan fingerprint density at radius 2 is 2.45 bits per heavy atom. The van der Waals surface area contributed by atoms with E-state index in [2.05, 4.69) is 10.3 Å². The highest BCUT2D eigenvalue weighted by atomic mass is 35.5. The first-order valence-electron chi connectivity index (χ1n) is 3.20. The van der Waals surface area contributed by atoms with Crippen LogP contribution in [-0.4, -0.2) is 17.1 Å². The minimum atomic E-state index is -0.740. The predicted octanol–water partition coefficient (Wildman–Crippen LogP) is 0.945. The number of halogens is 1. The molecule has 0 spiro atoms. The minimum absolute atomic E-state index is 0.516. The van der Waals surface area contributed by atoms with Crippen LogP contribution in [-0.2, 0) is 0 Å². The van der Waals surface area contributed by atoms with Crippen LogP contribution < -0.4 is 5.32 Å². The van der Waals surface area contributed by atoms with Gasteiger partial charge in [-0.2, -0.15) is 0 Å². The second kappa shape index (κ2) is 3.67. The maximum Gasteiger partial charge on any atom is 0.133 e. The molecule has 1 aromatic heterocycles. The Labute approximate surface area is 70.0 Å². The molecule has 3 nitrogen and oxygen atoms in total. The van der Waals surface area contributed by atoms with E-state index in [1.54, 1.807) is 19.3 Å². The van der Waals surface area contributed by atoms with Crippen LogP contribution in [0.5, 0.6) is 0 Å². The lowest BCUT2D eigenvalue weighted by Gasteiger charge is -2.09. The van der Waals surface area contributed by atoms with E-state index in [1.165, 1.54) is 6.20 Å². The Kier molecular flexibility index (Phi) is 2.82. The molecule has 11 heavy (non-hydrogen) atoms. The van der Waals surface area contributed by atoms with Gasteiger partial charge in [0.05, 0.1) is 5.02 Å². The molecule has 0 aliphatic rings. The van der Waals surface area contributed by atoms with Crippen molar-refractivity contribution in [2.24, 2.45) is 0 Å². The molecule has 0 bridgehead atoms. The highest BCUT2D eigenvalue weighted by Crippen LogP contribution is 2.18. The van der Waals surface area contributed by atoms with Crippen molar-refractivity contribution >= 4 is 11.6 Å². The minimum Gasteiger partial charge on any atom is -0.374 e. The quantitative estimate of drug-likeness (QED) is 0.653. The number of pyridine rings is 1. The molecule has 60 valence electrons. The molecule has 1 atom stereocenters. The fourth-order valence-corrected chi connectivity index (χ4v) is 0.955. The lowest BCUT2D eigenvalue weighted by atomic mass is 10.2. The molecule has 1 unspecified atom stereocenters. The number of nitrogens with one attached hydrogen (secondary N) is 1. The molecule has 2 N–H and O–H groups in total. The zero-order valence-electron chi connectivity index (χ0n) is 6.08. The van der Waals surface area contributed by atoms with Crippen molar-refractivity contribution in [3.63, 3.8) is 0 Å². The van der Waals surface area contributed by atoms with E-state index >= 15 is 0 Å². The molecule has 0 fully saturated rings. The predicted molar refractivity (Wildman–Crippen MR) is 43.3 cm³/mol. The van der Waals surface area contributed by atoms with Crippen molar-refractivity contribution in [3.05, 3.63) is 29.0 Å². The van der Waals surface area contributed by atoms with Gasteiger partial charge in [0, 0.05) is 18.0 Å². The smallest absolute Gasteiger partial charge is 0.133 e. The molecule has 0 radical (unpaired) electrons. The van der Waals surface area contributed by atoms with Crippen LogP contribution in [0.25, 0.3) is 0 Å². The molecule has 0 amide bonds. The summed E-state index contributed by atoms with van der Waals surface area (Å²) in [6.07, 6.45) is 2.37. The van der Waals surface area contributed by atoms with Crippen molar-refractivity contribution in [2.45, 2.75) is 6.23 Å². The first-order valence-corrected chi connectivity index (χ1v) is 3.58. The van der Waals surface area contributed by atoms with Gasteiger partial charge in [0.1, 0.15) is 6.23 Å². The summed E-state index contributed by atoms with van der Waals surface area (Å²) >= 11 is 5.76. The van der Waals surface area contributed by atoms with Crippen molar-refractivity contribution in [1.82, 2.24) is 10.3 Å². The van der Waals surface area contributed by atoms with E-state index in [1.807, 2.05) is 0 Å². The van der Waals surface area contributed by atoms with Gasteiger partial charge in [-0.1, -0.05) is 11.6 Å². The number of aliphatic hydroxyl groups excluding tert-OH is 1. The lowest BCUT2D eigenvalue weighted by molar-refractivity contribution is 0.149. The Morgan fingerprint density at radius 1 is 1.73 bits per heavy atom. The standard InChI is InChI=1S/C7H9ClN2O/c1-9-7(11)5-4-10-3-2-6(5)8/h2-4,7,9,11H,1H3. The average Bonchev–Trinajstić information content (AvgIpc) is 2.04. The SMILES string of the molecule is CNC(O)c1cnccc1Cl. The fourth-order valence-electron chi connectivity index (χ4n) is 0.746. The Balaban J connectivity index is 2.93. The second-order valence-corrected chi connectivity index (χ2v) is 2.50. The number of aromatic nitrogens is 1. The van der Waals surface area contributed by atoms with E-state index in [4.69, 9.17) is 11.6 Å². The summed E-state index contributed by atoms with van der Waals surface area (Å²) in [5.74, 6) is 0. The number of nitrogens with zero attached hydrogens (tertiary/aromatic N) is 1. The van der Waals surface area contributed by atoms with Gasteiger partial charge in [-0.15, -0.1) is 0 Å². The first kappa shape index (κ1) is 8.46. The van der Waals surface area contributed by atoms with Crippen molar-refractivity contribution in [2.75, 3.05) is 7.05 Å². The van der Waals surface area contributed by atoms with Gasteiger partial charge in [0.25, 0.3) is 0 Å². The number of rotatable bonds is 2. The third-order valence-corrected chi connectivity index (χ3v) is 1.71. The van der Waals surface area contributed by atoms with Crippen molar-refractivity contribution in [3.8, 4) is 0 Å². The van der Waals surface area contributed by atoms with E-state index in [0.29, 0.717) is 10.6 Å². The Bertz CT molecular complexity index is 242. The van der Waals surface area contributed by atoms with Gasteiger partial charge in [-0.05, 0) is 13.1 Å². The maximum absolute atomic E-state index is 9.27. The van der Waals surface area contributed by atoms with Gasteiger partial charge in [-0.25, -0.2) is 0 Å². The van der Waals surface area contributed by atoms with E-state index in [-0.39, 0.29) is 0 Å². The molecule has 0 aliphatic heterocycles. The molecule has 1 rings (SSSR count). The Hall–Kier alpha value is -0.640. The topological polar surface area (TPSA) is 45.1 Å². The molecule has 0 saturated heterocycles. The normalized spacial score (nSPS) is 13.0. The largest absolute Gasteiger partial charge is 0.374 e. The summed E-state index contributed by atoms with van der Waals surface area (Å²) in [5.41, 5.74) is 0.594. The van der Waals surface area contributed by atoms with E-state index in [0.717, 1.165) is 0 Å². The number of aliphatic hydroxyl groups is 1. The molecule has 0 aromatic carbocycles. The monoisotopic (exact) mass is 172 g/mol. The van der Waals surface area contributed by atoms with Crippen LogP contribution in [0, 0.1) is 0 Å². The fraction of sp³-hybridized carbons (Fsp3) is 0.286. The van der Waals surface area contributed by atoms with Crippen LogP contribution >= 0.6 is 11.6 Å². The second-order valence-electron chi connectivity index (χ2n) is 2.09. The summed E-state index contributed by atoms with van der Waals surface area (Å²) in [4.78, 5) is 3.83. The van der Waals surface area contributed by atoms with Gasteiger partial charge in [0.15, 0.2) is 0 Å². The van der Waals surface area contributed by atoms with Crippen LogP contribution in [0.15, 0.2) is 18.5 Å². The summed E-state index contributed by atoms with van der Waals surface area (Å²) in [6, 6.07) is 1.64. The molecular weight excluding hydrogens is 164 g/mol. The number of hydrogen-bond donors (Lipinski definition) is 2. The molecule has 0 aliphatic carbocycles. The van der Waals surface area contributed by atoms with Gasteiger partial charge >= 0.3 is 0 Å². The van der Waals surface area contributed by atoms with Crippen molar-refractivity contribution < 1.29 is 5.11 Å². The van der Waals surface area contributed by atoms with E-state index < -0.39 is 6.23 Å². The molecular formula is C7H9ClN2O. The van der Waals surface area contributed by atoms with Gasteiger partial charge < -0.3 is 5.11 Å². The zero-order valence-corrected chi connectivity index (χ0v) is 6.84. The summed E-state index contributed by atoms with van der Waals surface area (Å²) in [6.45, 7) is 0. The van der Waals surface area contributed by atoms with Crippen molar-refractivity contribution in [1.29, 1.82) is 0 Å². The highest BCUT2D eigenvalue weighted by molar-refractivity contribution is 6.31. The van der Waals surface area contributed by atoms with E-state index in [9.17, 15) is 5.11 Å². The van der Waals surface area contributed by atoms with Gasteiger partial charge in [0.2, 0.25) is 0 Å². The molecule has 4 heteroatoms. The third kappa shape index (κ3) is 1.89. The third-order valence-electron chi connectivity index (χ3n) is 1.36. The highest BCUT2D eigenvalue weighted by Gasteiger charge is 2.07. The molecule has 0 saturated carbocycles. The molecule has 1 aromatic rings. The summed E-state index contributed by atoms with van der Waals surface area (Å²) in [7, 11) is 1.65. The molecule has 1 heterocycles. The zero-order chi connectivity index (χ0) is 8.27. The maximum atomic E-state index is 9.27. The van der Waals surface area contributed by atoms with Crippen LogP contribution in [0.1, 0.15) is 11.8 Å². The number of hydrogen-bond acceptors (Lipinski definition) is 3. The van der Waals surface area contributed by atoms with Crippen LogP contribution in [0.2, 0.25) is 5.02 Å². The van der Waals surface area contributed by atoms with Gasteiger partial charge in [-0.3, -0.25) is 10.3 Å². The summed E-state index contributed by atoms with van der Waals surface area (Å²) < 4.78 is 0. The summed E-state index contributed by atoms with van der Waals surface area (Å²) in [5, 5.41) is 12.4.